The largest absolute Gasteiger partial charge is 0.397 e. The maximum Gasteiger partial charge on any atom is 0.397 e. The first-order valence-electron chi connectivity index (χ1n) is 4.20. The van der Waals surface area contributed by atoms with Crippen LogP contribution >= 0.6 is 11.8 Å². The Bertz CT molecular complexity index is 101. The molecule has 0 radical (unpaired) electrons. The van der Waals surface area contributed by atoms with E-state index in [1.165, 1.54) is 0 Å². The van der Waals surface area contributed by atoms with Crippen molar-refractivity contribution in [3.8, 4) is 0 Å². The van der Waals surface area contributed by atoms with Crippen molar-refractivity contribution in [1.82, 2.24) is 0 Å². The minimum Gasteiger partial charge on any atom is -0.170 e. The number of hydrogen-bond donors (Lipinski definition) is 0. The maximum atomic E-state index is 11.6. The van der Waals surface area contributed by atoms with Crippen LogP contribution in [0.4, 0.5) is 13.2 Å². The van der Waals surface area contributed by atoms with Gasteiger partial charge in [0.05, 0.1) is 5.75 Å². The highest BCUT2D eigenvalue weighted by Crippen LogP contribution is 2.21. The molecule has 0 amide bonds. The summed E-state index contributed by atoms with van der Waals surface area (Å²) < 4.78 is 34.8. The highest BCUT2D eigenvalue weighted by Gasteiger charge is 2.26. The second-order valence-corrected chi connectivity index (χ2v) is 3.83. The van der Waals surface area contributed by atoms with Gasteiger partial charge in [0.25, 0.3) is 0 Å². The Morgan fingerprint density at radius 1 is 1.08 bits per heavy atom. The molecule has 0 N–H and O–H groups in total. The third-order valence-corrected chi connectivity index (χ3v) is 2.52. The van der Waals surface area contributed by atoms with Gasteiger partial charge in [-0.1, -0.05) is 26.2 Å². The number of hydrogen-bond acceptors (Lipinski definition) is 1. The van der Waals surface area contributed by atoms with Crippen LogP contribution in [0.15, 0.2) is 0 Å². The fraction of sp³-hybridized carbons (Fsp3) is 1.00. The first-order chi connectivity index (χ1) is 5.56. The van der Waals surface area contributed by atoms with E-state index in [1.807, 2.05) is 0 Å². The van der Waals surface area contributed by atoms with Gasteiger partial charge in [0, 0.05) is 0 Å². The van der Waals surface area contributed by atoms with Gasteiger partial charge in [-0.25, -0.2) is 0 Å². The van der Waals surface area contributed by atoms with Crippen LogP contribution in [-0.2, 0) is 0 Å². The molecule has 12 heavy (non-hydrogen) atoms. The first-order valence-corrected chi connectivity index (χ1v) is 5.36. The van der Waals surface area contributed by atoms with Crippen molar-refractivity contribution in [2.75, 3.05) is 11.5 Å². The fourth-order valence-electron chi connectivity index (χ4n) is 0.819. The first kappa shape index (κ1) is 12.1. The van der Waals surface area contributed by atoms with Crippen LogP contribution in [0.3, 0.4) is 0 Å². The monoisotopic (exact) mass is 200 g/mol. The van der Waals surface area contributed by atoms with Crippen LogP contribution in [0, 0.1) is 0 Å². The molecule has 0 aromatic heterocycles. The van der Waals surface area contributed by atoms with E-state index in [0.717, 1.165) is 37.4 Å². The topological polar surface area (TPSA) is 0 Å². The van der Waals surface area contributed by atoms with Gasteiger partial charge in [0.15, 0.2) is 0 Å². The van der Waals surface area contributed by atoms with Gasteiger partial charge in [-0.15, -0.1) is 0 Å². The Balaban J connectivity index is 3.01. The van der Waals surface area contributed by atoms with Gasteiger partial charge in [-0.3, -0.25) is 0 Å². The Hall–Kier alpha value is 0.140. The Kier molecular flexibility index (Phi) is 6.71. The van der Waals surface area contributed by atoms with Gasteiger partial charge < -0.3 is 0 Å². The molecule has 4 heteroatoms. The SMILES string of the molecule is CCCCCCSCC(F)(F)F. The van der Waals surface area contributed by atoms with Crippen molar-refractivity contribution >= 4 is 11.8 Å². The third kappa shape index (κ3) is 10.1. The van der Waals surface area contributed by atoms with Crippen LogP contribution in [0.5, 0.6) is 0 Å². The summed E-state index contributed by atoms with van der Waals surface area (Å²) in [6.45, 7) is 2.09. The zero-order chi connectivity index (χ0) is 9.45. The minimum atomic E-state index is -3.99. The van der Waals surface area contributed by atoms with Crippen molar-refractivity contribution < 1.29 is 13.2 Å². The van der Waals surface area contributed by atoms with Crippen LogP contribution in [0.1, 0.15) is 32.6 Å². The molecule has 0 unspecified atom stereocenters. The average Bonchev–Trinajstić information content (AvgIpc) is 1.94. The van der Waals surface area contributed by atoms with E-state index < -0.39 is 11.9 Å². The van der Waals surface area contributed by atoms with Crippen molar-refractivity contribution in [3.63, 3.8) is 0 Å². The van der Waals surface area contributed by atoms with Gasteiger partial charge in [-0.05, 0) is 12.2 Å². The molecule has 0 heterocycles. The van der Waals surface area contributed by atoms with Crippen molar-refractivity contribution in [2.45, 2.75) is 38.8 Å². The summed E-state index contributed by atoms with van der Waals surface area (Å²) in [6.07, 6.45) is 0.238. The molecule has 0 rings (SSSR count). The molecule has 0 aliphatic rings. The zero-order valence-corrected chi connectivity index (χ0v) is 8.10. The normalized spacial score (nSPS) is 12.0. The number of rotatable bonds is 6. The fourth-order valence-corrected chi connectivity index (χ4v) is 1.60. The summed E-state index contributed by atoms with van der Waals surface area (Å²) in [6, 6.07) is 0. The van der Waals surface area contributed by atoms with E-state index in [4.69, 9.17) is 0 Å². The van der Waals surface area contributed by atoms with Crippen LogP contribution in [0.2, 0.25) is 0 Å². The lowest BCUT2D eigenvalue weighted by Crippen LogP contribution is -2.11. The van der Waals surface area contributed by atoms with E-state index in [2.05, 4.69) is 6.92 Å². The molecule has 74 valence electrons. The highest BCUT2D eigenvalue weighted by molar-refractivity contribution is 7.99. The lowest BCUT2D eigenvalue weighted by Gasteiger charge is -2.04. The van der Waals surface area contributed by atoms with Crippen molar-refractivity contribution in [2.24, 2.45) is 0 Å². The van der Waals surface area contributed by atoms with Crippen LogP contribution in [-0.4, -0.2) is 17.7 Å². The van der Waals surface area contributed by atoms with Gasteiger partial charge in [-0.2, -0.15) is 24.9 Å². The second kappa shape index (κ2) is 6.63. The summed E-state index contributed by atoms with van der Waals surface area (Å²) in [7, 11) is 0. The van der Waals surface area contributed by atoms with E-state index in [9.17, 15) is 13.2 Å². The average molecular weight is 200 g/mol. The molecule has 0 aromatic carbocycles. The lowest BCUT2D eigenvalue weighted by molar-refractivity contribution is -0.105. The molecule has 0 aliphatic carbocycles. The lowest BCUT2D eigenvalue weighted by atomic mass is 10.2. The van der Waals surface area contributed by atoms with Gasteiger partial charge in [0.1, 0.15) is 0 Å². The molecule has 0 saturated carbocycles. The summed E-state index contributed by atoms with van der Waals surface area (Å²) in [5.41, 5.74) is 0. The highest BCUT2D eigenvalue weighted by atomic mass is 32.2. The van der Waals surface area contributed by atoms with Crippen molar-refractivity contribution in [3.05, 3.63) is 0 Å². The summed E-state index contributed by atoms with van der Waals surface area (Å²) >= 11 is 0.986. The molecule has 0 atom stereocenters. The molecule has 0 nitrogen and oxygen atoms in total. The molecular weight excluding hydrogens is 185 g/mol. The number of halogens is 3. The van der Waals surface area contributed by atoms with E-state index in [0.29, 0.717) is 5.75 Å². The van der Waals surface area contributed by atoms with Crippen LogP contribution < -0.4 is 0 Å². The smallest absolute Gasteiger partial charge is 0.170 e. The Morgan fingerprint density at radius 2 is 1.75 bits per heavy atom. The Labute approximate surface area is 75.9 Å². The second-order valence-electron chi connectivity index (χ2n) is 2.73. The number of thioether (sulfide) groups is 1. The summed E-state index contributed by atoms with van der Waals surface area (Å²) in [4.78, 5) is 0. The third-order valence-electron chi connectivity index (χ3n) is 1.41. The van der Waals surface area contributed by atoms with E-state index >= 15 is 0 Å². The van der Waals surface area contributed by atoms with Crippen molar-refractivity contribution in [1.29, 1.82) is 0 Å². The maximum absolute atomic E-state index is 11.6. The number of unbranched alkanes of at least 4 members (excludes halogenated alkanes) is 3. The van der Waals surface area contributed by atoms with Gasteiger partial charge >= 0.3 is 6.18 Å². The van der Waals surface area contributed by atoms with Gasteiger partial charge in [0.2, 0.25) is 0 Å². The minimum absolute atomic E-state index is 0.638. The number of alkyl halides is 3. The molecular formula is C8H15F3S. The molecule has 0 spiro atoms. The predicted molar refractivity (Wildman–Crippen MR) is 47.5 cm³/mol. The quantitative estimate of drug-likeness (QED) is 0.587. The standard InChI is InChI=1S/C8H15F3S/c1-2-3-4-5-6-12-7-8(9,10)11/h2-7H2,1H3. The molecule has 0 bridgehead atoms. The predicted octanol–water partition coefficient (Wildman–Crippen LogP) is 3.86. The molecule has 0 aromatic rings. The molecule has 0 saturated heterocycles. The van der Waals surface area contributed by atoms with E-state index in [-0.39, 0.29) is 0 Å². The molecule has 0 fully saturated rings. The summed E-state index contributed by atoms with van der Waals surface area (Å²) in [5.74, 6) is -0.0569. The molecule has 0 aliphatic heterocycles. The summed E-state index contributed by atoms with van der Waals surface area (Å²) in [5, 5.41) is 0. The van der Waals surface area contributed by atoms with Crippen LogP contribution in [0.25, 0.3) is 0 Å². The van der Waals surface area contributed by atoms with E-state index in [1.54, 1.807) is 0 Å². The Morgan fingerprint density at radius 3 is 2.25 bits per heavy atom. The zero-order valence-electron chi connectivity index (χ0n) is 7.28.